The van der Waals surface area contributed by atoms with E-state index in [0.717, 1.165) is 6.42 Å². The van der Waals surface area contributed by atoms with Gasteiger partial charge in [0.25, 0.3) is 0 Å². The summed E-state index contributed by atoms with van der Waals surface area (Å²) in [4.78, 5) is 11.5. The van der Waals surface area contributed by atoms with Crippen LogP contribution in [0.5, 0.6) is 0 Å². The van der Waals surface area contributed by atoms with Gasteiger partial charge in [-0.05, 0) is 13.3 Å². The molecule has 0 N–H and O–H groups in total. The number of rotatable bonds is 14. The predicted octanol–water partition coefficient (Wildman–Crippen LogP) is 5.78. The minimum Gasteiger partial charge on any atom is -0.430 e. The maximum Gasteiger partial charge on any atom is 0.335 e. The summed E-state index contributed by atoms with van der Waals surface area (Å²) in [6.07, 6.45) is 13.0. The Labute approximate surface area is 137 Å². The van der Waals surface area contributed by atoms with Gasteiger partial charge in [-0.25, -0.2) is 4.79 Å². The third-order valence-electron chi connectivity index (χ3n) is 3.63. The van der Waals surface area contributed by atoms with Crippen molar-refractivity contribution in [1.82, 2.24) is 0 Å². The molecule has 0 unspecified atom stereocenters. The molecule has 0 fully saturated rings. The van der Waals surface area contributed by atoms with Gasteiger partial charge in [0.1, 0.15) is 0 Å². The molecule has 3 heteroatoms. The predicted molar refractivity (Wildman–Crippen MR) is 92.8 cm³/mol. The first-order chi connectivity index (χ1) is 10.4. The van der Waals surface area contributed by atoms with Crippen LogP contribution in [0.25, 0.3) is 0 Å². The Morgan fingerprint density at radius 1 is 0.909 bits per heavy atom. The summed E-state index contributed by atoms with van der Waals surface area (Å²) < 4.78 is 10.9. The van der Waals surface area contributed by atoms with Gasteiger partial charge in [-0.3, -0.25) is 0 Å². The first-order valence-corrected chi connectivity index (χ1v) is 8.92. The molecule has 0 heterocycles. The van der Waals surface area contributed by atoms with E-state index in [1.807, 2.05) is 0 Å². The van der Waals surface area contributed by atoms with Crippen molar-refractivity contribution >= 4 is 5.97 Å². The van der Waals surface area contributed by atoms with E-state index >= 15 is 0 Å². The van der Waals surface area contributed by atoms with E-state index in [4.69, 9.17) is 9.47 Å². The molecule has 0 radical (unpaired) electrons. The van der Waals surface area contributed by atoms with Gasteiger partial charge in [-0.2, -0.15) is 0 Å². The third kappa shape index (κ3) is 12.9. The number of carbonyl (C=O) groups is 1. The van der Waals surface area contributed by atoms with Crippen molar-refractivity contribution in [3.63, 3.8) is 0 Å². The molecule has 22 heavy (non-hydrogen) atoms. The smallest absolute Gasteiger partial charge is 0.335 e. The van der Waals surface area contributed by atoms with E-state index < -0.39 is 11.8 Å². The molecule has 130 valence electrons. The SMILES string of the molecule is C=C(C)C(=O)OC(C)(C)OCCCCCCCCCCCC. The van der Waals surface area contributed by atoms with Crippen LogP contribution in [0.3, 0.4) is 0 Å². The van der Waals surface area contributed by atoms with Crippen molar-refractivity contribution in [2.75, 3.05) is 6.61 Å². The Morgan fingerprint density at radius 3 is 1.82 bits per heavy atom. The Kier molecular flexibility index (Phi) is 12.2. The number of unbranched alkanes of at least 4 members (excludes halogenated alkanes) is 9. The second kappa shape index (κ2) is 12.7. The minimum absolute atomic E-state index is 0.395. The molecule has 0 atom stereocenters. The zero-order valence-corrected chi connectivity index (χ0v) is 15.2. The summed E-state index contributed by atoms with van der Waals surface area (Å²) in [5, 5.41) is 0. The lowest BCUT2D eigenvalue weighted by Crippen LogP contribution is -2.32. The standard InChI is InChI=1S/C19H36O3/c1-6-7-8-9-10-11-12-13-14-15-16-21-19(4,5)22-18(20)17(2)3/h2,6-16H2,1,3-5H3. The lowest BCUT2D eigenvalue weighted by Gasteiger charge is -2.25. The van der Waals surface area contributed by atoms with Crippen molar-refractivity contribution < 1.29 is 14.3 Å². The molecule has 0 bridgehead atoms. The van der Waals surface area contributed by atoms with Crippen LogP contribution in [0, 0.1) is 0 Å². The highest BCUT2D eigenvalue weighted by atomic mass is 16.7. The van der Waals surface area contributed by atoms with Gasteiger partial charge in [0.2, 0.25) is 5.79 Å². The Balaban J connectivity index is 3.45. The number of hydrogen-bond acceptors (Lipinski definition) is 3. The molecule has 0 spiro atoms. The van der Waals surface area contributed by atoms with Gasteiger partial charge in [-0.15, -0.1) is 0 Å². The maximum atomic E-state index is 11.5. The summed E-state index contributed by atoms with van der Waals surface area (Å²) in [6, 6.07) is 0. The van der Waals surface area contributed by atoms with Gasteiger partial charge in [0.15, 0.2) is 0 Å². The zero-order valence-electron chi connectivity index (χ0n) is 15.2. The van der Waals surface area contributed by atoms with E-state index in [1.54, 1.807) is 20.8 Å². The van der Waals surface area contributed by atoms with Crippen molar-refractivity contribution in [2.24, 2.45) is 0 Å². The van der Waals surface area contributed by atoms with Gasteiger partial charge in [-0.1, -0.05) is 71.3 Å². The van der Waals surface area contributed by atoms with E-state index in [-0.39, 0.29) is 0 Å². The van der Waals surface area contributed by atoms with Crippen molar-refractivity contribution in [1.29, 1.82) is 0 Å². The fourth-order valence-electron chi connectivity index (χ4n) is 2.25. The summed E-state index contributed by atoms with van der Waals surface area (Å²) in [5.74, 6) is -1.26. The van der Waals surface area contributed by atoms with Crippen molar-refractivity contribution in [3.8, 4) is 0 Å². The molecular weight excluding hydrogens is 276 g/mol. The van der Waals surface area contributed by atoms with Gasteiger partial charge >= 0.3 is 5.97 Å². The second-order valence-electron chi connectivity index (χ2n) is 6.60. The highest BCUT2D eigenvalue weighted by Crippen LogP contribution is 2.15. The molecule has 0 aliphatic heterocycles. The molecule has 0 saturated carbocycles. The Morgan fingerprint density at radius 2 is 1.36 bits per heavy atom. The maximum absolute atomic E-state index is 11.5. The largest absolute Gasteiger partial charge is 0.430 e. The van der Waals surface area contributed by atoms with Crippen LogP contribution in [-0.4, -0.2) is 18.4 Å². The van der Waals surface area contributed by atoms with Crippen LogP contribution in [0.15, 0.2) is 12.2 Å². The summed E-state index contributed by atoms with van der Waals surface area (Å²) in [6.45, 7) is 11.6. The quantitative estimate of drug-likeness (QED) is 0.176. The minimum atomic E-state index is -0.866. The van der Waals surface area contributed by atoms with E-state index in [1.165, 1.54) is 57.8 Å². The number of esters is 1. The number of hydrogen-bond donors (Lipinski definition) is 0. The molecule has 0 aromatic carbocycles. The Bertz CT molecular complexity index is 308. The second-order valence-corrected chi connectivity index (χ2v) is 6.60. The normalized spacial score (nSPS) is 11.5. The van der Waals surface area contributed by atoms with Crippen LogP contribution in [0.4, 0.5) is 0 Å². The summed E-state index contributed by atoms with van der Waals surface area (Å²) in [7, 11) is 0. The summed E-state index contributed by atoms with van der Waals surface area (Å²) in [5.41, 5.74) is 0.399. The molecule has 0 amide bonds. The average molecular weight is 312 g/mol. The lowest BCUT2D eigenvalue weighted by atomic mass is 10.1. The highest BCUT2D eigenvalue weighted by molar-refractivity contribution is 5.87. The average Bonchev–Trinajstić information content (AvgIpc) is 2.44. The fraction of sp³-hybridized carbons (Fsp3) is 0.842. The highest BCUT2D eigenvalue weighted by Gasteiger charge is 2.23. The summed E-state index contributed by atoms with van der Waals surface area (Å²) >= 11 is 0. The van der Waals surface area contributed by atoms with Gasteiger partial charge < -0.3 is 9.47 Å². The molecule has 0 aliphatic carbocycles. The molecule has 0 aliphatic rings. The molecule has 0 rings (SSSR count). The molecule has 0 aromatic heterocycles. The van der Waals surface area contributed by atoms with Crippen LogP contribution >= 0.6 is 0 Å². The molecule has 0 saturated heterocycles. The number of carbonyl (C=O) groups excluding carboxylic acids is 1. The van der Waals surface area contributed by atoms with Crippen molar-refractivity contribution in [3.05, 3.63) is 12.2 Å². The van der Waals surface area contributed by atoms with Crippen LogP contribution in [-0.2, 0) is 14.3 Å². The van der Waals surface area contributed by atoms with Crippen molar-refractivity contribution in [2.45, 2.75) is 97.7 Å². The lowest BCUT2D eigenvalue weighted by molar-refractivity contribution is -0.212. The Hall–Kier alpha value is -0.830. The molecule has 3 nitrogen and oxygen atoms in total. The third-order valence-corrected chi connectivity index (χ3v) is 3.63. The molecule has 0 aromatic rings. The molecular formula is C19H36O3. The first-order valence-electron chi connectivity index (χ1n) is 8.92. The van der Waals surface area contributed by atoms with E-state index in [9.17, 15) is 4.79 Å². The monoisotopic (exact) mass is 312 g/mol. The fourth-order valence-corrected chi connectivity index (χ4v) is 2.25. The topological polar surface area (TPSA) is 35.5 Å². The zero-order chi connectivity index (χ0) is 16.8. The van der Waals surface area contributed by atoms with Crippen LogP contribution < -0.4 is 0 Å². The van der Waals surface area contributed by atoms with Crippen LogP contribution in [0.1, 0.15) is 91.9 Å². The number of ether oxygens (including phenoxy) is 2. The van der Waals surface area contributed by atoms with Gasteiger partial charge in [0.05, 0.1) is 6.61 Å². The van der Waals surface area contributed by atoms with E-state index in [2.05, 4.69) is 13.5 Å². The van der Waals surface area contributed by atoms with E-state index in [0.29, 0.717) is 12.2 Å². The first kappa shape index (κ1) is 21.2. The van der Waals surface area contributed by atoms with Gasteiger partial charge in [0, 0.05) is 19.4 Å². The van der Waals surface area contributed by atoms with Crippen LogP contribution in [0.2, 0.25) is 0 Å².